The minimum atomic E-state index is -4.25. The van der Waals surface area contributed by atoms with E-state index in [2.05, 4.69) is 20.0 Å². The Balaban J connectivity index is 1.56. The molecule has 4 rings (SSSR count). The molecule has 15 nitrogen and oxygen atoms in total. The molecular weight excluding hydrogens is 547 g/mol. The molecular formula is C24H33N6O9P. The molecule has 40 heavy (non-hydrogen) atoms. The molecule has 0 spiro atoms. The van der Waals surface area contributed by atoms with Gasteiger partial charge in [-0.05, 0) is 39.8 Å². The van der Waals surface area contributed by atoms with Gasteiger partial charge >= 0.3 is 13.7 Å². The fourth-order valence-corrected chi connectivity index (χ4v) is 5.61. The first-order chi connectivity index (χ1) is 18.8. The number of para-hydroxylation sites is 1. The highest BCUT2D eigenvalue weighted by Crippen LogP contribution is 2.47. The third-order valence-electron chi connectivity index (χ3n) is 6.04. The molecule has 0 bridgehead atoms. The fraction of sp³-hybridized carbons (Fsp3) is 0.500. The number of nitrogens with one attached hydrogen (secondary N) is 1. The van der Waals surface area contributed by atoms with Crippen molar-refractivity contribution in [2.24, 2.45) is 0 Å². The summed E-state index contributed by atoms with van der Waals surface area (Å²) >= 11 is 0. The summed E-state index contributed by atoms with van der Waals surface area (Å²) in [5.41, 5.74) is 4.38. The van der Waals surface area contributed by atoms with Crippen molar-refractivity contribution in [3.05, 3.63) is 36.7 Å². The Bertz CT molecular complexity index is 1390. The van der Waals surface area contributed by atoms with Crippen molar-refractivity contribution < 1.29 is 42.8 Å². The number of anilines is 1. The van der Waals surface area contributed by atoms with Gasteiger partial charge in [-0.25, -0.2) is 9.55 Å². The van der Waals surface area contributed by atoms with E-state index in [-0.39, 0.29) is 28.7 Å². The number of hydrogen-bond acceptors (Lipinski definition) is 13. The summed E-state index contributed by atoms with van der Waals surface area (Å²) in [6, 6.07) is 7.13. The molecule has 16 heteroatoms. The van der Waals surface area contributed by atoms with E-state index in [9.17, 15) is 19.6 Å². The van der Waals surface area contributed by atoms with Crippen LogP contribution in [0.5, 0.6) is 11.6 Å². The summed E-state index contributed by atoms with van der Waals surface area (Å²) in [4.78, 5) is 24.8. The van der Waals surface area contributed by atoms with E-state index in [4.69, 9.17) is 29.0 Å². The van der Waals surface area contributed by atoms with Crippen LogP contribution in [0.25, 0.3) is 11.2 Å². The highest BCUT2D eigenvalue weighted by molar-refractivity contribution is 7.52. The minimum absolute atomic E-state index is 0.0978. The lowest BCUT2D eigenvalue weighted by Gasteiger charge is -2.27. The summed E-state index contributed by atoms with van der Waals surface area (Å²) < 4.78 is 42.8. The van der Waals surface area contributed by atoms with Crippen LogP contribution in [0.4, 0.5) is 5.95 Å². The summed E-state index contributed by atoms with van der Waals surface area (Å²) in [7, 11) is -2.85. The van der Waals surface area contributed by atoms with Gasteiger partial charge in [-0.15, -0.1) is 0 Å². The number of carbonyl (C=O) groups excluding carboxylic acids is 1. The number of rotatable bonds is 11. The van der Waals surface area contributed by atoms with Crippen LogP contribution in [0.3, 0.4) is 0 Å². The van der Waals surface area contributed by atoms with Crippen LogP contribution in [0.15, 0.2) is 36.7 Å². The van der Waals surface area contributed by atoms with Gasteiger partial charge in [-0.2, -0.15) is 15.1 Å². The van der Waals surface area contributed by atoms with Crippen LogP contribution in [0.2, 0.25) is 0 Å². The Labute approximate surface area is 230 Å². The fourth-order valence-electron chi connectivity index (χ4n) is 4.10. The molecule has 0 amide bonds. The molecule has 3 aromatic rings. The number of nitrogens with zero attached hydrogens (tertiary/aromatic N) is 4. The monoisotopic (exact) mass is 580 g/mol. The van der Waals surface area contributed by atoms with Gasteiger partial charge in [0.15, 0.2) is 17.4 Å². The zero-order valence-electron chi connectivity index (χ0n) is 22.6. The van der Waals surface area contributed by atoms with Crippen molar-refractivity contribution in [2.45, 2.75) is 63.9 Å². The van der Waals surface area contributed by atoms with Gasteiger partial charge < -0.3 is 34.7 Å². The largest absolute Gasteiger partial charge is 0.479 e. The van der Waals surface area contributed by atoms with Gasteiger partial charge in [0.2, 0.25) is 11.8 Å². The zero-order chi connectivity index (χ0) is 29.2. The van der Waals surface area contributed by atoms with Crippen LogP contribution in [-0.2, 0) is 23.4 Å². The van der Waals surface area contributed by atoms with Crippen LogP contribution < -0.4 is 20.1 Å². The first kappa shape index (κ1) is 29.6. The molecule has 3 heterocycles. The van der Waals surface area contributed by atoms with E-state index >= 15 is 0 Å². The van der Waals surface area contributed by atoms with Crippen LogP contribution in [-0.4, -0.2) is 79.4 Å². The lowest BCUT2D eigenvalue weighted by Crippen LogP contribution is -2.44. The SMILES string of the molecule is COc1nc(N)nc2c1ncn2[C@@H]1O[C@H](COP(=O)(NC(C)C(=O)OC(C)C)Oc2ccccc2)[C@@H](O)[C@@]1(C)O. The van der Waals surface area contributed by atoms with Crippen LogP contribution >= 0.6 is 7.75 Å². The number of carbonyl (C=O) groups is 1. The van der Waals surface area contributed by atoms with Gasteiger partial charge in [0.1, 0.15) is 29.6 Å². The minimum Gasteiger partial charge on any atom is -0.479 e. The second-order valence-electron chi connectivity index (χ2n) is 9.65. The number of nitrogens with two attached hydrogens (primary N) is 1. The Kier molecular flexibility index (Phi) is 8.63. The first-order valence-corrected chi connectivity index (χ1v) is 14.0. The molecule has 0 aliphatic carbocycles. The number of esters is 1. The number of aromatic nitrogens is 4. The van der Waals surface area contributed by atoms with Crippen molar-refractivity contribution in [3.63, 3.8) is 0 Å². The molecule has 1 aliphatic heterocycles. The van der Waals surface area contributed by atoms with Crippen molar-refractivity contribution in [3.8, 4) is 11.6 Å². The quantitative estimate of drug-likeness (QED) is 0.188. The lowest BCUT2D eigenvalue weighted by atomic mass is 9.96. The first-order valence-electron chi connectivity index (χ1n) is 12.4. The summed E-state index contributed by atoms with van der Waals surface area (Å²) in [6.07, 6.45) is -2.96. The van der Waals surface area contributed by atoms with E-state index in [0.717, 1.165) is 0 Å². The Morgan fingerprint density at radius 3 is 2.62 bits per heavy atom. The number of hydrogen-bond donors (Lipinski definition) is 4. The Hall–Kier alpha value is -3.33. The average Bonchev–Trinajstić information content (AvgIpc) is 3.40. The van der Waals surface area contributed by atoms with E-state index < -0.39 is 56.5 Å². The lowest BCUT2D eigenvalue weighted by molar-refractivity contribution is -0.149. The molecule has 2 aromatic heterocycles. The summed E-state index contributed by atoms with van der Waals surface area (Å²) in [5.74, 6) is -0.440. The number of benzene rings is 1. The predicted octanol–water partition coefficient (Wildman–Crippen LogP) is 1.56. The molecule has 0 radical (unpaired) electrons. The maximum absolute atomic E-state index is 13.8. The summed E-state index contributed by atoms with van der Waals surface area (Å²) in [6.45, 7) is 5.68. The van der Waals surface area contributed by atoms with Crippen molar-refractivity contribution in [1.82, 2.24) is 24.6 Å². The molecule has 5 N–H and O–H groups in total. The van der Waals surface area contributed by atoms with E-state index in [0.29, 0.717) is 0 Å². The van der Waals surface area contributed by atoms with Gasteiger partial charge in [-0.3, -0.25) is 13.9 Å². The number of methoxy groups -OCH3 is 1. The number of aliphatic hydroxyl groups is 2. The molecule has 218 valence electrons. The number of imidazole rings is 1. The zero-order valence-corrected chi connectivity index (χ0v) is 23.5. The van der Waals surface area contributed by atoms with Gasteiger partial charge in [0, 0.05) is 0 Å². The number of fused-ring (bicyclic) bond motifs is 1. The van der Waals surface area contributed by atoms with Gasteiger partial charge in [0.05, 0.1) is 26.1 Å². The van der Waals surface area contributed by atoms with Crippen LogP contribution in [0, 0.1) is 0 Å². The second-order valence-corrected chi connectivity index (χ2v) is 11.3. The predicted molar refractivity (Wildman–Crippen MR) is 141 cm³/mol. The maximum Gasteiger partial charge on any atom is 0.459 e. The van der Waals surface area contributed by atoms with E-state index in [1.54, 1.807) is 44.2 Å². The van der Waals surface area contributed by atoms with Crippen molar-refractivity contribution >= 4 is 30.8 Å². The third kappa shape index (κ3) is 6.19. The molecule has 2 unspecified atom stereocenters. The maximum atomic E-state index is 13.8. The van der Waals surface area contributed by atoms with Gasteiger partial charge in [-0.1, -0.05) is 18.2 Å². The number of aliphatic hydroxyl groups excluding tert-OH is 1. The molecule has 0 saturated carbocycles. The van der Waals surface area contributed by atoms with Gasteiger partial charge in [0.25, 0.3) is 0 Å². The second kappa shape index (κ2) is 11.6. The smallest absolute Gasteiger partial charge is 0.459 e. The highest BCUT2D eigenvalue weighted by atomic mass is 31.2. The van der Waals surface area contributed by atoms with Crippen molar-refractivity contribution in [1.29, 1.82) is 0 Å². The number of ether oxygens (including phenoxy) is 3. The topological polar surface area (TPSA) is 202 Å². The third-order valence-corrected chi connectivity index (χ3v) is 7.69. The molecule has 1 aromatic carbocycles. The highest BCUT2D eigenvalue weighted by Gasteiger charge is 2.54. The van der Waals surface area contributed by atoms with Crippen molar-refractivity contribution in [2.75, 3.05) is 19.5 Å². The number of nitrogen functional groups attached to an aromatic ring is 1. The Morgan fingerprint density at radius 1 is 1.27 bits per heavy atom. The molecule has 1 fully saturated rings. The average molecular weight is 581 g/mol. The normalized spacial score (nSPS) is 25.1. The standard InChI is InChI=1S/C24H33N6O9P/c1-13(2)37-21(32)14(3)29-40(34,39-15-9-7-6-8-10-15)36-11-16-18(31)24(4,33)22(38-16)30-12-26-17-19(30)27-23(25)28-20(17)35-5/h6-10,12-14,16,18,22,31,33H,11H2,1-5H3,(H,29,34)(H2,25,27,28)/t14?,16-,18-,22-,24-,40?/m1/s1. The van der Waals surface area contributed by atoms with E-state index in [1.165, 1.54) is 31.9 Å². The molecule has 1 aliphatic rings. The van der Waals surface area contributed by atoms with Crippen LogP contribution in [0.1, 0.15) is 33.9 Å². The Morgan fingerprint density at radius 2 is 1.98 bits per heavy atom. The summed E-state index contributed by atoms with van der Waals surface area (Å²) in [5, 5.41) is 24.8. The molecule has 1 saturated heterocycles. The van der Waals surface area contributed by atoms with E-state index in [1.807, 2.05) is 0 Å². The molecule has 6 atom stereocenters.